The molecule has 0 aliphatic carbocycles. The largest absolute Gasteiger partial charge is 0.378 e. The Morgan fingerprint density at radius 1 is 1.14 bits per heavy atom. The van der Waals surface area contributed by atoms with Crippen LogP contribution in [-0.4, -0.2) is 58.5 Å². The van der Waals surface area contributed by atoms with Gasteiger partial charge in [0, 0.05) is 19.7 Å². The molecule has 0 aromatic carbocycles. The maximum absolute atomic E-state index is 5.70. The number of hydrogen-bond acceptors (Lipinski definition) is 6. The van der Waals surface area contributed by atoms with Gasteiger partial charge in [-0.15, -0.1) is 0 Å². The number of anilines is 1. The number of aromatic nitrogens is 4. The average Bonchev–Trinajstić information content (AvgIpc) is 3.19. The van der Waals surface area contributed by atoms with Crippen molar-refractivity contribution in [1.29, 1.82) is 0 Å². The lowest BCUT2D eigenvalue weighted by molar-refractivity contribution is 0.0978. The molecule has 112 valence electrons. The standard InChI is InChI=1S/C14H19N5O2/c1-2-11(21-5-1)8-19-10-17-12-13(15-9-16-14(12)19)18-3-6-20-7-4-18/h9-11H,1-8H2. The predicted octanol–water partition coefficient (Wildman–Crippen LogP) is 0.842. The summed E-state index contributed by atoms with van der Waals surface area (Å²) in [5.74, 6) is 0.911. The summed E-state index contributed by atoms with van der Waals surface area (Å²) in [5.41, 5.74) is 1.76. The third-order valence-electron chi connectivity index (χ3n) is 4.12. The Balaban J connectivity index is 1.65. The minimum absolute atomic E-state index is 0.282. The van der Waals surface area contributed by atoms with E-state index in [1.54, 1.807) is 6.33 Å². The van der Waals surface area contributed by atoms with Crippen molar-refractivity contribution in [3.8, 4) is 0 Å². The average molecular weight is 289 g/mol. The van der Waals surface area contributed by atoms with Crippen LogP contribution >= 0.6 is 0 Å². The van der Waals surface area contributed by atoms with Crippen LogP contribution in [0.1, 0.15) is 12.8 Å². The van der Waals surface area contributed by atoms with E-state index in [1.807, 2.05) is 6.33 Å². The summed E-state index contributed by atoms with van der Waals surface area (Å²) in [6.07, 6.45) is 6.02. The molecule has 2 aliphatic heterocycles. The topological polar surface area (TPSA) is 65.3 Å². The Morgan fingerprint density at radius 3 is 2.86 bits per heavy atom. The first-order chi connectivity index (χ1) is 10.4. The van der Waals surface area contributed by atoms with Crippen molar-refractivity contribution in [2.45, 2.75) is 25.5 Å². The SMILES string of the molecule is c1nc(N2CCOCC2)c2ncn(CC3CCCO3)c2n1. The molecule has 0 amide bonds. The normalized spacial score (nSPS) is 23.0. The number of hydrogen-bond donors (Lipinski definition) is 0. The van der Waals surface area contributed by atoms with Gasteiger partial charge in [-0.05, 0) is 12.8 Å². The maximum atomic E-state index is 5.70. The Morgan fingerprint density at radius 2 is 2.05 bits per heavy atom. The number of nitrogens with zero attached hydrogens (tertiary/aromatic N) is 5. The molecule has 4 rings (SSSR count). The number of imidazole rings is 1. The highest BCUT2D eigenvalue weighted by molar-refractivity contribution is 5.83. The van der Waals surface area contributed by atoms with E-state index in [2.05, 4.69) is 24.4 Å². The lowest BCUT2D eigenvalue weighted by atomic mass is 10.2. The van der Waals surface area contributed by atoms with Crippen LogP contribution in [0, 0.1) is 0 Å². The van der Waals surface area contributed by atoms with Gasteiger partial charge >= 0.3 is 0 Å². The van der Waals surface area contributed by atoms with E-state index in [0.29, 0.717) is 0 Å². The molecule has 21 heavy (non-hydrogen) atoms. The van der Waals surface area contributed by atoms with Gasteiger partial charge in [0.1, 0.15) is 6.33 Å². The van der Waals surface area contributed by atoms with E-state index in [4.69, 9.17) is 9.47 Å². The molecule has 7 heteroatoms. The summed E-state index contributed by atoms with van der Waals surface area (Å²) in [5, 5.41) is 0. The van der Waals surface area contributed by atoms with Crippen LogP contribution < -0.4 is 4.90 Å². The van der Waals surface area contributed by atoms with Crippen molar-refractivity contribution in [3.05, 3.63) is 12.7 Å². The molecule has 2 aromatic rings. The molecule has 0 bridgehead atoms. The fraction of sp³-hybridized carbons (Fsp3) is 0.643. The van der Waals surface area contributed by atoms with Gasteiger partial charge in [0.15, 0.2) is 17.0 Å². The third kappa shape index (κ3) is 2.47. The first-order valence-corrected chi connectivity index (χ1v) is 7.52. The van der Waals surface area contributed by atoms with Crippen molar-refractivity contribution < 1.29 is 9.47 Å². The summed E-state index contributed by atoms with van der Waals surface area (Å²) in [6.45, 7) is 4.86. The fourth-order valence-corrected chi connectivity index (χ4v) is 3.02. The van der Waals surface area contributed by atoms with E-state index < -0.39 is 0 Å². The van der Waals surface area contributed by atoms with Gasteiger partial charge in [0.2, 0.25) is 0 Å². The van der Waals surface area contributed by atoms with Crippen LogP contribution in [-0.2, 0) is 16.0 Å². The zero-order valence-corrected chi connectivity index (χ0v) is 11.9. The zero-order chi connectivity index (χ0) is 14.1. The second-order valence-electron chi connectivity index (χ2n) is 5.50. The zero-order valence-electron chi connectivity index (χ0n) is 11.9. The lowest BCUT2D eigenvalue weighted by Gasteiger charge is -2.27. The molecule has 2 fully saturated rings. The summed E-state index contributed by atoms with van der Waals surface area (Å²) < 4.78 is 13.2. The van der Waals surface area contributed by atoms with Crippen molar-refractivity contribution >= 4 is 17.0 Å². The number of rotatable bonds is 3. The molecule has 1 atom stereocenters. The molecule has 0 saturated carbocycles. The minimum Gasteiger partial charge on any atom is -0.378 e. The van der Waals surface area contributed by atoms with Crippen LogP contribution in [0.4, 0.5) is 5.82 Å². The molecule has 1 unspecified atom stereocenters. The number of morpholine rings is 1. The van der Waals surface area contributed by atoms with Gasteiger partial charge in [-0.3, -0.25) is 0 Å². The molecular formula is C14H19N5O2. The molecule has 2 aliphatic rings. The lowest BCUT2D eigenvalue weighted by Crippen LogP contribution is -2.37. The smallest absolute Gasteiger partial charge is 0.165 e. The quantitative estimate of drug-likeness (QED) is 0.834. The molecule has 0 N–H and O–H groups in total. The fourth-order valence-electron chi connectivity index (χ4n) is 3.02. The first-order valence-electron chi connectivity index (χ1n) is 7.52. The van der Waals surface area contributed by atoms with Crippen molar-refractivity contribution in [2.24, 2.45) is 0 Å². The minimum atomic E-state index is 0.282. The first kappa shape index (κ1) is 13.0. The Bertz CT molecular complexity index is 617. The van der Waals surface area contributed by atoms with E-state index in [-0.39, 0.29) is 6.10 Å². The highest BCUT2D eigenvalue weighted by atomic mass is 16.5. The molecule has 7 nitrogen and oxygen atoms in total. The maximum Gasteiger partial charge on any atom is 0.165 e. The van der Waals surface area contributed by atoms with Crippen molar-refractivity contribution in [1.82, 2.24) is 19.5 Å². The number of fused-ring (bicyclic) bond motifs is 1. The van der Waals surface area contributed by atoms with E-state index in [0.717, 1.165) is 69.3 Å². The molecule has 4 heterocycles. The van der Waals surface area contributed by atoms with E-state index in [1.165, 1.54) is 0 Å². The van der Waals surface area contributed by atoms with Crippen LogP contribution in [0.25, 0.3) is 11.2 Å². The van der Waals surface area contributed by atoms with Gasteiger partial charge in [-0.2, -0.15) is 0 Å². The summed E-state index contributed by atoms with van der Waals surface area (Å²) in [7, 11) is 0. The van der Waals surface area contributed by atoms with Gasteiger partial charge in [-0.25, -0.2) is 15.0 Å². The highest BCUT2D eigenvalue weighted by Gasteiger charge is 2.21. The molecule has 2 saturated heterocycles. The Hall–Kier alpha value is -1.73. The molecule has 2 aromatic heterocycles. The van der Waals surface area contributed by atoms with Gasteiger partial charge in [0.25, 0.3) is 0 Å². The van der Waals surface area contributed by atoms with Crippen LogP contribution in [0.2, 0.25) is 0 Å². The van der Waals surface area contributed by atoms with E-state index in [9.17, 15) is 0 Å². The Labute approximate surface area is 122 Å². The monoisotopic (exact) mass is 289 g/mol. The third-order valence-corrected chi connectivity index (χ3v) is 4.12. The number of ether oxygens (including phenoxy) is 2. The van der Waals surface area contributed by atoms with Crippen LogP contribution in [0.5, 0.6) is 0 Å². The summed E-state index contributed by atoms with van der Waals surface area (Å²) >= 11 is 0. The van der Waals surface area contributed by atoms with Crippen molar-refractivity contribution in [3.63, 3.8) is 0 Å². The van der Waals surface area contributed by atoms with Crippen LogP contribution in [0.15, 0.2) is 12.7 Å². The van der Waals surface area contributed by atoms with Crippen molar-refractivity contribution in [2.75, 3.05) is 37.8 Å². The summed E-state index contributed by atoms with van der Waals surface area (Å²) in [6, 6.07) is 0. The van der Waals surface area contributed by atoms with Crippen LogP contribution in [0.3, 0.4) is 0 Å². The molecule has 0 spiro atoms. The molecule has 0 radical (unpaired) electrons. The van der Waals surface area contributed by atoms with Gasteiger partial charge in [0.05, 0.1) is 32.2 Å². The molecular weight excluding hydrogens is 270 g/mol. The van der Waals surface area contributed by atoms with Gasteiger partial charge < -0.3 is 18.9 Å². The van der Waals surface area contributed by atoms with Gasteiger partial charge in [-0.1, -0.05) is 0 Å². The van der Waals surface area contributed by atoms with E-state index >= 15 is 0 Å². The Kier molecular flexibility index (Phi) is 3.44. The highest BCUT2D eigenvalue weighted by Crippen LogP contribution is 2.23. The second kappa shape index (κ2) is 5.57. The second-order valence-corrected chi connectivity index (χ2v) is 5.50. The predicted molar refractivity (Wildman–Crippen MR) is 77.3 cm³/mol. The summed E-state index contributed by atoms with van der Waals surface area (Å²) in [4.78, 5) is 15.6.